The summed E-state index contributed by atoms with van der Waals surface area (Å²) in [6.45, 7) is 6.25. The van der Waals surface area contributed by atoms with Gasteiger partial charge in [0, 0.05) is 23.9 Å². The fourth-order valence-corrected chi connectivity index (χ4v) is 4.43. The second kappa shape index (κ2) is 5.64. The lowest BCUT2D eigenvalue weighted by molar-refractivity contribution is 0.121. The average molecular weight is 264 g/mol. The summed E-state index contributed by atoms with van der Waals surface area (Å²) in [4.78, 5) is 2.47. The van der Waals surface area contributed by atoms with Crippen LogP contribution in [0.15, 0.2) is 24.3 Å². The molecule has 2 unspecified atom stereocenters. The summed E-state index contributed by atoms with van der Waals surface area (Å²) in [6, 6.07) is 8.64. The molecule has 1 aliphatic heterocycles. The molecule has 0 amide bonds. The van der Waals surface area contributed by atoms with Gasteiger partial charge in [0.15, 0.2) is 0 Å². The number of nitrogens with two attached hydrogens (primary N) is 1. The van der Waals surface area contributed by atoms with Crippen LogP contribution in [0.25, 0.3) is 0 Å². The highest BCUT2D eigenvalue weighted by atomic mass is 32.2. The monoisotopic (exact) mass is 264 g/mol. The molecule has 1 aliphatic rings. The van der Waals surface area contributed by atoms with Gasteiger partial charge in [-0.25, -0.2) is 0 Å². The molecule has 2 atom stereocenters. The van der Waals surface area contributed by atoms with E-state index in [1.807, 2.05) is 0 Å². The van der Waals surface area contributed by atoms with Crippen LogP contribution in [-0.2, 0) is 6.54 Å². The van der Waals surface area contributed by atoms with E-state index in [4.69, 9.17) is 5.73 Å². The molecule has 0 bridgehead atoms. The Bertz CT molecular complexity index is 407. The highest BCUT2D eigenvalue weighted by Crippen LogP contribution is 2.39. The summed E-state index contributed by atoms with van der Waals surface area (Å²) in [6.07, 6.45) is 1.21. The minimum atomic E-state index is 0.174. The van der Waals surface area contributed by atoms with Gasteiger partial charge in [-0.15, -0.1) is 0 Å². The average Bonchev–Trinajstić information content (AvgIpc) is 2.74. The molecule has 0 aromatic heterocycles. The van der Waals surface area contributed by atoms with E-state index in [0.717, 1.165) is 13.1 Å². The Balaban J connectivity index is 2.16. The molecule has 1 heterocycles. The Morgan fingerprint density at radius 1 is 1.44 bits per heavy atom. The molecule has 100 valence electrons. The maximum Gasteiger partial charge on any atom is 0.0455 e. The third-order valence-corrected chi connectivity index (χ3v) is 5.82. The van der Waals surface area contributed by atoms with Gasteiger partial charge in [-0.05, 0) is 37.3 Å². The van der Waals surface area contributed by atoms with E-state index < -0.39 is 0 Å². The smallest absolute Gasteiger partial charge is 0.0455 e. The number of rotatable bonds is 4. The standard InChI is InChI=1S/C15H24N2S/c1-12-6-4-5-7-14(12)10-17(3)15(11-16)8-9-18-13(15)2/h4-7,13H,8-11,16H2,1-3H3. The van der Waals surface area contributed by atoms with Gasteiger partial charge < -0.3 is 5.73 Å². The summed E-state index contributed by atoms with van der Waals surface area (Å²) >= 11 is 2.05. The number of nitrogens with zero attached hydrogens (tertiary/aromatic N) is 1. The Kier molecular flexibility index (Phi) is 4.36. The molecule has 0 spiro atoms. The van der Waals surface area contributed by atoms with Crippen molar-refractivity contribution in [3.63, 3.8) is 0 Å². The van der Waals surface area contributed by atoms with E-state index in [9.17, 15) is 0 Å². The summed E-state index contributed by atoms with van der Waals surface area (Å²) in [5.74, 6) is 1.23. The van der Waals surface area contributed by atoms with Gasteiger partial charge in [-0.1, -0.05) is 31.2 Å². The van der Waals surface area contributed by atoms with E-state index in [2.05, 4.69) is 61.8 Å². The lowest BCUT2D eigenvalue weighted by atomic mass is 9.90. The van der Waals surface area contributed by atoms with Crippen molar-refractivity contribution in [2.24, 2.45) is 5.73 Å². The lowest BCUT2D eigenvalue weighted by Crippen LogP contribution is -2.55. The fourth-order valence-electron chi connectivity index (χ4n) is 2.90. The number of aryl methyl sites for hydroxylation is 1. The normalized spacial score (nSPS) is 27.9. The fraction of sp³-hybridized carbons (Fsp3) is 0.600. The molecule has 1 aromatic rings. The van der Waals surface area contributed by atoms with Gasteiger partial charge in [0.2, 0.25) is 0 Å². The predicted octanol–water partition coefficient (Wildman–Crippen LogP) is 2.65. The SMILES string of the molecule is Cc1ccccc1CN(C)C1(CN)CCSC1C. The van der Waals surface area contributed by atoms with Crippen molar-refractivity contribution in [2.45, 2.75) is 37.6 Å². The van der Waals surface area contributed by atoms with Gasteiger partial charge in [0.05, 0.1) is 0 Å². The van der Waals surface area contributed by atoms with Crippen LogP contribution in [-0.4, -0.2) is 35.0 Å². The minimum Gasteiger partial charge on any atom is -0.329 e. The molecule has 3 heteroatoms. The van der Waals surface area contributed by atoms with E-state index in [1.54, 1.807) is 0 Å². The van der Waals surface area contributed by atoms with Gasteiger partial charge >= 0.3 is 0 Å². The van der Waals surface area contributed by atoms with Crippen molar-refractivity contribution >= 4 is 11.8 Å². The van der Waals surface area contributed by atoms with Crippen LogP contribution in [0, 0.1) is 6.92 Å². The molecule has 2 rings (SSSR count). The topological polar surface area (TPSA) is 29.3 Å². The number of thioether (sulfide) groups is 1. The van der Waals surface area contributed by atoms with Crippen molar-refractivity contribution in [3.05, 3.63) is 35.4 Å². The van der Waals surface area contributed by atoms with Crippen molar-refractivity contribution in [1.82, 2.24) is 4.90 Å². The summed E-state index contributed by atoms with van der Waals surface area (Å²) in [5, 5.41) is 0.622. The highest BCUT2D eigenvalue weighted by Gasteiger charge is 2.42. The Hall–Kier alpha value is -0.510. The van der Waals surface area contributed by atoms with Crippen LogP contribution in [0.1, 0.15) is 24.5 Å². The Morgan fingerprint density at radius 2 is 2.17 bits per heavy atom. The maximum absolute atomic E-state index is 6.10. The third kappa shape index (κ3) is 2.44. The first-order chi connectivity index (χ1) is 8.60. The highest BCUT2D eigenvalue weighted by molar-refractivity contribution is 8.00. The molecule has 1 saturated heterocycles. The van der Waals surface area contributed by atoms with Crippen LogP contribution in [0.2, 0.25) is 0 Å². The molecule has 18 heavy (non-hydrogen) atoms. The number of likely N-dealkylation sites (N-methyl/N-ethyl adjacent to an activating group) is 1. The molecular weight excluding hydrogens is 240 g/mol. The van der Waals surface area contributed by atoms with Crippen LogP contribution in [0.4, 0.5) is 0 Å². The Morgan fingerprint density at radius 3 is 2.72 bits per heavy atom. The quantitative estimate of drug-likeness (QED) is 0.906. The lowest BCUT2D eigenvalue weighted by Gasteiger charge is -2.41. The molecule has 1 aromatic carbocycles. The number of hydrogen-bond donors (Lipinski definition) is 1. The van der Waals surface area contributed by atoms with Crippen molar-refractivity contribution in [2.75, 3.05) is 19.3 Å². The van der Waals surface area contributed by atoms with Crippen LogP contribution >= 0.6 is 11.8 Å². The second-order valence-corrected chi connectivity index (χ2v) is 6.80. The molecule has 0 aliphatic carbocycles. The van der Waals surface area contributed by atoms with Gasteiger partial charge in [0.25, 0.3) is 0 Å². The van der Waals surface area contributed by atoms with Crippen molar-refractivity contribution < 1.29 is 0 Å². The minimum absolute atomic E-state index is 0.174. The largest absolute Gasteiger partial charge is 0.329 e. The van der Waals surface area contributed by atoms with E-state index in [1.165, 1.54) is 23.3 Å². The number of hydrogen-bond acceptors (Lipinski definition) is 3. The van der Waals surface area contributed by atoms with Crippen LogP contribution < -0.4 is 5.73 Å². The van der Waals surface area contributed by atoms with Gasteiger partial charge in [-0.3, -0.25) is 4.90 Å². The van der Waals surface area contributed by atoms with E-state index in [0.29, 0.717) is 5.25 Å². The predicted molar refractivity (Wildman–Crippen MR) is 81.0 cm³/mol. The molecular formula is C15H24N2S. The Labute approximate surface area is 115 Å². The first-order valence-corrected chi connectivity index (χ1v) is 7.72. The molecule has 1 fully saturated rings. The van der Waals surface area contributed by atoms with E-state index in [-0.39, 0.29) is 5.54 Å². The van der Waals surface area contributed by atoms with Crippen LogP contribution in [0.3, 0.4) is 0 Å². The maximum atomic E-state index is 6.10. The zero-order valence-electron chi connectivity index (χ0n) is 11.6. The number of benzene rings is 1. The zero-order chi connectivity index (χ0) is 13.2. The zero-order valence-corrected chi connectivity index (χ0v) is 12.5. The van der Waals surface area contributed by atoms with Gasteiger partial charge in [-0.2, -0.15) is 11.8 Å². The summed E-state index contributed by atoms with van der Waals surface area (Å²) in [5.41, 5.74) is 9.05. The van der Waals surface area contributed by atoms with Crippen molar-refractivity contribution in [1.29, 1.82) is 0 Å². The molecule has 0 saturated carbocycles. The first-order valence-electron chi connectivity index (χ1n) is 6.67. The van der Waals surface area contributed by atoms with Crippen LogP contribution in [0.5, 0.6) is 0 Å². The molecule has 0 radical (unpaired) electrons. The first kappa shape index (κ1) is 13.9. The van der Waals surface area contributed by atoms with Gasteiger partial charge in [0.1, 0.15) is 0 Å². The molecule has 2 N–H and O–H groups in total. The van der Waals surface area contributed by atoms with E-state index >= 15 is 0 Å². The summed E-state index contributed by atoms with van der Waals surface area (Å²) < 4.78 is 0. The van der Waals surface area contributed by atoms with Crippen molar-refractivity contribution in [3.8, 4) is 0 Å². The molecule has 2 nitrogen and oxygen atoms in total. The third-order valence-electron chi connectivity index (χ3n) is 4.44. The summed E-state index contributed by atoms with van der Waals surface area (Å²) in [7, 11) is 2.22. The second-order valence-electron chi connectivity index (χ2n) is 5.35.